The van der Waals surface area contributed by atoms with Gasteiger partial charge in [-0.3, -0.25) is 0 Å². The molecule has 0 bridgehead atoms. The van der Waals surface area contributed by atoms with Crippen molar-refractivity contribution < 1.29 is 9.47 Å². The van der Waals surface area contributed by atoms with Gasteiger partial charge in [-0.1, -0.05) is 38.5 Å². The predicted molar refractivity (Wildman–Crippen MR) is 82.0 cm³/mol. The van der Waals surface area contributed by atoms with Crippen molar-refractivity contribution in [2.75, 3.05) is 0 Å². The van der Waals surface area contributed by atoms with Crippen molar-refractivity contribution in [1.29, 1.82) is 0 Å². The van der Waals surface area contributed by atoms with Gasteiger partial charge in [0.05, 0.1) is 24.4 Å². The zero-order valence-electron chi connectivity index (χ0n) is 13.0. The van der Waals surface area contributed by atoms with Crippen LogP contribution < -0.4 is 0 Å². The Bertz CT molecular complexity index is 231. The van der Waals surface area contributed by atoms with Gasteiger partial charge in [0.1, 0.15) is 0 Å². The molecule has 3 rings (SSSR count). The highest BCUT2D eigenvalue weighted by atomic mass is 16.5. The molecule has 2 nitrogen and oxygen atoms in total. The molecule has 0 amide bonds. The van der Waals surface area contributed by atoms with Gasteiger partial charge < -0.3 is 9.47 Å². The van der Waals surface area contributed by atoms with E-state index < -0.39 is 0 Å². The fourth-order valence-electron chi connectivity index (χ4n) is 4.25. The molecule has 0 atom stereocenters. The van der Waals surface area contributed by atoms with Crippen LogP contribution in [0.2, 0.25) is 0 Å². The van der Waals surface area contributed by atoms with Crippen LogP contribution in [0, 0.1) is 0 Å². The summed E-state index contributed by atoms with van der Waals surface area (Å²) in [6.07, 6.45) is 20.7. The van der Waals surface area contributed by atoms with Crippen molar-refractivity contribution in [3.63, 3.8) is 0 Å². The van der Waals surface area contributed by atoms with Crippen LogP contribution in [-0.2, 0) is 9.47 Å². The Morgan fingerprint density at radius 3 is 1.00 bits per heavy atom. The summed E-state index contributed by atoms with van der Waals surface area (Å²) in [6.45, 7) is 0. The molecule has 3 fully saturated rings. The third-order valence-electron chi connectivity index (χ3n) is 5.50. The quantitative estimate of drug-likeness (QED) is 0.721. The van der Waals surface area contributed by atoms with Crippen LogP contribution in [0.3, 0.4) is 0 Å². The summed E-state index contributed by atoms with van der Waals surface area (Å²) in [7, 11) is 0. The van der Waals surface area contributed by atoms with E-state index >= 15 is 0 Å². The van der Waals surface area contributed by atoms with Crippen molar-refractivity contribution in [1.82, 2.24) is 0 Å². The van der Waals surface area contributed by atoms with Crippen LogP contribution in [0.15, 0.2) is 0 Å². The Kier molecular flexibility index (Phi) is 5.78. The lowest BCUT2D eigenvalue weighted by Gasteiger charge is -2.35. The van der Waals surface area contributed by atoms with E-state index in [-0.39, 0.29) is 0 Å². The summed E-state index contributed by atoms with van der Waals surface area (Å²) in [5.74, 6) is 0. The van der Waals surface area contributed by atoms with E-state index in [4.69, 9.17) is 9.47 Å². The first kappa shape index (κ1) is 14.8. The summed E-state index contributed by atoms with van der Waals surface area (Å²) in [4.78, 5) is 0. The fraction of sp³-hybridized carbons (Fsp3) is 1.00. The molecule has 3 saturated carbocycles. The molecule has 3 aliphatic rings. The van der Waals surface area contributed by atoms with Gasteiger partial charge in [-0.25, -0.2) is 0 Å². The van der Waals surface area contributed by atoms with Gasteiger partial charge in [0.25, 0.3) is 0 Å². The van der Waals surface area contributed by atoms with E-state index in [2.05, 4.69) is 0 Å². The van der Waals surface area contributed by atoms with Crippen molar-refractivity contribution >= 4 is 0 Å². The Labute approximate surface area is 124 Å². The molecule has 0 aromatic heterocycles. The fourth-order valence-corrected chi connectivity index (χ4v) is 4.25. The van der Waals surface area contributed by atoms with Crippen LogP contribution >= 0.6 is 0 Å². The van der Waals surface area contributed by atoms with Crippen LogP contribution in [0.4, 0.5) is 0 Å². The Morgan fingerprint density at radius 2 is 0.650 bits per heavy atom. The monoisotopic (exact) mass is 280 g/mol. The molecule has 0 spiro atoms. The maximum absolute atomic E-state index is 6.31. The molecule has 0 saturated heterocycles. The number of ether oxygens (including phenoxy) is 2. The second-order valence-corrected chi connectivity index (χ2v) is 7.19. The molecular weight excluding hydrogens is 248 g/mol. The van der Waals surface area contributed by atoms with Gasteiger partial charge in [0.15, 0.2) is 0 Å². The maximum atomic E-state index is 6.31. The molecule has 3 aliphatic carbocycles. The molecule has 0 N–H and O–H groups in total. The highest BCUT2D eigenvalue weighted by molar-refractivity contribution is 4.77. The zero-order valence-corrected chi connectivity index (χ0v) is 13.0. The molecular formula is C18H32O2. The molecule has 0 radical (unpaired) electrons. The Balaban J connectivity index is 1.33. The maximum Gasteiger partial charge on any atom is 0.0580 e. The highest BCUT2D eigenvalue weighted by Crippen LogP contribution is 2.30. The van der Waals surface area contributed by atoms with Crippen molar-refractivity contribution in [3.05, 3.63) is 0 Å². The summed E-state index contributed by atoms with van der Waals surface area (Å²) in [5, 5.41) is 0. The van der Waals surface area contributed by atoms with Crippen molar-refractivity contribution in [3.8, 4) is 0 Å². The van der Waals surface area contributed by atoms with Gasteiger partial charge in [-0.15, -0.1) is 0 Å². The molecule has 116 valence electrons. The van der Waals surface area contributed by atoms with E-state index in [1.165, 1.54) is 89.9 Å². The molecule has 2 heteroatoms. The minimum atomic E-state index is 0.532. The van der Waals surface area contributed by atoms with Gasteiger partial charge in [-0.05, 0) is 51.4 Å². The summed E-state index contributed by atoms with van der Waals surface area (Å²) in [5.41, 5.74) is 0. The standard InChI is InChI=1S/C18H32O2/c1-3-7-15(8-4-1)19-17-11-13-18(14-12-17)20-16-9-5-2-6-10-16/h15-18H,1-14H2. The van der Waals surface area contributed by atoms with Gasteiger partial charge in [0, 0.05) is 0 Å². The molecule has 20 heavy (non-hydrogen) atoms. The minimum Gasteiger partial charge on any atom is -0.375 e. The molecule has 0 aromatic carbocycles. The third-order valence-corrected chi connectivity index (χ3v) is 5.50. The van der Waals surface area contributed by atoms with Gasteiger partial charge >= 0.3 is 0 Å². The van der Waals surface area contributed by atoms with E-state index in [0.717, 1.165) is 0 Å². The van der Waals surface area contributed by atoms with Crippen LogP contribution in [0.5, 0.6) is 0 Å². The van der Waals surface area contributed by atoms with Crippen LogP contribution in [0.1, 0.15) is 89.9 Å². The topological polar surface area (TPSA) is 18.5 Å². The zero-order chi connectivity index (χ0) is 13.6. The average Bonchev–Trinajstić information content (AvgIpc) is 2.51. The van der Waals surface area contributed by atoms with Gasteiger partial charge in [-0.2, -0.15) is 0 Å². The first-order valence-corrected chi connectivity index (χ1v) is 9.21. The smallest absolute Gasteiger partial charge is 0.0580 e. The number of rotatable bonds is 4. The second kappa shape index (κ2) is 7.79. The normalized spacial score (nSPS) is 34.2. The molecule has 0 aromatic rings. The number of hydrogen-bond acceptors (Lipinski definition) is 2. The first-order chi connectivity index (χ1) is 9.90. The predicted octanol–water partition coefficient (Wildman–Crippen LogP) is 5.00. The Hall–Kier alpha value is -0.0800. The molecule has 0 aliphatic heterocycles. The molecule has 0 unspecified atom stereocenters. The Morgan fingerprint density at radius 1 is 0.350 bits per heavy atom. The van der Waals surface area contributed by atoms with Crippen LogP contribution in [-0.4, -0.2) is 24.4 Å². The van der Waals surface area contributed by atoms with Crippen molar-refractivity contribution in [2.24, 2.45) is 0 Å². The average molecular weight is 280 g/mol. The SMILES string of the molecule is C1CCC(OC2CCC(OC3CCCCC3)CC2)CC1. The lowest BCUT2D eigenvalue weighted by Crippen LogP contribution is -2.33. The third kappa shape index (κ3) is 4.46. The van der Waals surface area contributed by atoms with Gasteiger partial charge in [0.2, 0.25) is 0 Å². The van der Waals surface area contributed by atoms with E-state index in [1.54, 1.807) is 0 Å². The summed E-state index contributed by atoms with van der Waals surface area (Å²) < 4.78 is 12.6. The van der Waals surface area contributed by atoms with E-state index in [1.807, 2.05) is 0 Å². The first-order valence-electron chi connectivity index (χ1n) is 9.21. The second-order valence-electron chi connectivity index (χ2n) is 7.19. The molecule has 0 heterocycles. The lowest BCUT2D eigenvalue weighted by molar-refractivity contribution is -0.0919. The van der Waals surface area contributed by atoms with E-state index in [9.17, 15) is 0 Å². The van der Waals surface area contributed by atoms with E-state index in [0.29, 0.717) is 24.4 Å². The largest absolute Gasteiger partial charge is 0.375 e. The number of hydrogen-bond donors (Lipinski definition) is 0. The highest BCUT2D eigenvalue weighted by Gasteiger charge is 2.27. The van der Waals surface area contributed by atoms with Crippen LogP contribution in [0.25, 0.3) is 0 Å². The summed E-state index contributed by atoms with van der Waals surface area (Å²) in [6, 6.07) is 0. The lowest BCUT2D eigenvalue weighted by atomic mass is 9.92. The summed E-state index contributed by atoms with van der Waals surface area (Å²) >= 11 is 0. The minimum absolute atomic E-state index is 0.532. The van der Waals surface area contributed by atoms with Crippen molar-refractivity contribution in [2.45, 2.75) is 114 Å².